The van der Waals surface area contributed by atoms with Crippen LogP contribution in [0.3, 0.4) is 0 Å². The minimum absolute atomic E-state index is 0.00543. The van der Waals surface area contributed by atoms with Gasteiger partial charge in [0.2, 0.25) is 5.91 Å². The minimum Gasteiger partial charge on any atom is -0.459 e. The number of hydrogen-bond acceptors (Lipinski definition) is 5. The van der Waals surface area contributed by atoms with Crippen molar-refractivity contribution in [1.29, 1.82) is 0 Å². The molecule has 1 aromatic carbocycles. The van der Waals surface area contributed by atoms with E-state index in [-0.39, 0.29) is 30.6 Å². The van der Waals surface area contributed by atoms with E-state index in [1.54, 1.807) is 12.1 Å². The van der Waals surface area contributed by atoms with Gasteiger partial charge < -0.3 is 14.4 Å². The molecule has 1 aliphatic heterocycles. The molecule has 1 unspecified atom stereocenters. The minimum atomic E-state index is -0.569. The number of piperazine rings is 1. The van der Waals surface area contributed by atoms with Crippen LogP contribution in [0.4, 0.5) is 4.79 Å². The number of fused-ring (bicyclic) bond motifs is 1. The lowest BCUT2D eigenvalue weighted by atomic mass is 10.0. The zero-order valence-electron chi connectivity index (χ0n) is 18.6. The molecule has 7 nitrogen and oxygen atoms in total. The van der Waals surface area contributed by atoms with Crippen LogP contribution in [0.25, 0.3) is 0 Å². The van der Waals surface area contributed by atoms with Crippen LogP contribution in [0.5, 0.6) is 0 Å². The third-order valence-corrected chi connectivity index (χ3v) is 6.58. The maximum Gasteiger partial charge on any atom is 0.410 e. The first-order valence-electron chi connectivity index (χ1n) is 11.2. The summed E-state index contributed by atoms with van der Waals surface area (Å²) in [6, 6.07) is 9.32. The molecule has 0 N–H and O–H groups in total. The highest BCUT2D eigenvalue weighted by molar-refractivity contribution is 5.89. The highest BCUT2D eigenvalue weighted by Gasteiger charge is 2.46. The van der Waals surface area contributed by atoms with Gasteiger partial charge in [0.15, 0.2) is 0 Å². The SMILES string of the molecule is CC(C)(C)OC(=O)N1CCN([C@H]2C[C@H]3CC(OC(=O)c4ccccc4)C[C@H]3C2)C(=O)C1. The van der Waals surface area contributed by atoms with Gasteiger partial charge in [0.05, 0.1) is 5.56 Å². The van der Waals surface area contributed by atoms with Crippen molar-refractivity contribution in [1.82, 2.24) is 9.80 Å². The largest absolute Gasteiger partial charge is 0.459 e. The summed E-state index contributed by atoms with van der Waals surface area (Å²) in [4.78, 5) is 40.8. The molecular weight excluding hydrogens is 396 g/mol. The average Bonchev–Trinajstić information content (AvgIpc) is 3.25. The van der Waals surface area contributed by atoms with Gasteiger partial charge >= 0.3 is 12.1 Å². The molecule has 1 saturated heterocycles. The van der Waals surface area contributed by atoms with Crippen molar-refractivity contribution < 1.29 is 23.9 Å². The standard InChI is InChI=1S/C24H32N2O5/c1-24(2,3)31-23(29)25-9-10-26(21(27)15-25)19-11-17-13-20(14-18(17)12-19)30-22(28)16-7-5-4-6-8-16/h4-8,17-20H,9-15H2,1-3H3/t17-,18+,19-,20?. The maximum atomic E-state index is 12.8. The summed E-state index contributed by atoms with van der Waals surface area (Å²) in [5, 5.41) is 0. The lowest BCUT2D eigenvalue weighted by Gasteiger charge is -2.38. The summed E-state index contributed by atoms with van der Waals surface area (Å²) in [6.45, 7) is 6.61. The second-order valence-corrected chi connectivity index (χ2v) is 10.00. The van der Waals surface area contributed by atoms with Crippen LogP contribution in [0.1, 0.15) is 56.8 Å². The maximum absolute atomic E-state index is 12.8. The first-order valence-corrected chi connectivity index (χ1v) is 11.2. The molecule has 3 fully saturated rings. The molecule has 0 bridgehead atoms. The molecule has 3 aliphatic rings. The molecule has 168 valence electrons. The van der Waals surface area contributed by atoms with E-state index in [1.165, 1.54) is 4.90 Å². The molecule has 31 heavy (non-hydrogen) atoms. The van der Waals surface area contributed by atoms with Crippen LogP contribution in [0, 0.1) is 11.8 Å². The van der Waals surface area contributed by atoms with Crippen molar-refractivity contribution in [3.63, 3.8) is 0 Å². The Morgan fingerprint density at radius 2 is 1.61 bits per heavy atom. The number of carbonyl (C=O) groups excluding carboxylic acids is 3. The second-order valence-electron chi connectivity index (χ2n) is 10.00. The fourth-order valence-electron chi connectivity index (χ4n) is 5.23. The van der Waals surface area contributed by atoms with Crippen molar-refractivity contribution in [3.05, 3.63) is 35.9 Å². The number of esters is 1. The number of benzene rings is 1. The zero-order chi connectivity index (χ0) is 22.2. The van der Waals surface area contributed by atoms with E-state index in [0.29, 0.717) is 30.5 Å². The smallest absolute Gasteiger partial charge is 0.410 e. The molecule has 4 rings (SSSR count). The van der Waals surface area contributed by atoms with Crippen LogP contribution in [0.15, 0.2) is 30.3 Å². The van der Waals surface area contributed by atoms with E-state index in [0.717, 1.165) is 25.7 Å². The second kappa shape index (κ2) is 8.52. The van der Waals surface area contributed by atoms with E-state index in [9.17, 15) is 14.4 Å². The van der Waals surface area contributed by atoms with Gasteiger partial charge in [0.25, 0.3) is 0 Å². The van der Waals surface area contributed by atoms with Crippen molar-refractivity contribution in [2.24, 2.45) is 11.8 Å². The summed E-state index contributed by atoms with van der Waals surface area (Å²) < 4.78 is 11.1. The van der Waals surface area contributed by atoms with Gasteiger partial charge in [0.1, 0.15) is 18.2 Å². The molecule has 0 spiro atoms. The third kappa shape index (κ3) is 5.02. The molecule has 1 aromatic rings. The fourth-order valence-corrected chi connectivity index (χ4v) is 5.23. The summed E-state index contributed by atoms with van der Waals surface area (Å²) in [5.74, 6) is 0.704. The molecule has 2 aliphatic carbocycles. The van der Waals surface area contributed by atoms with E-state index in [4.69, 9.17) is 9.47 Å². The summed E-state index contributed by atoms with van der Waals surface area (Å²) in [5.41, 5.74) is 0.0200. The van der Waals surface area contributed by atoms with Crippen LogP contribution in [-0.2, 0) is 14.3 Å². The van der Waals surface area contributed by atoms with Gasteiger partial charge in [-0.15, -0.1) is 0 Å². The number of rotatable bonds is 3. The van der Waals surface area contributed by atoms with Crippen LogP contribution < -0.4 is 0 Å². The van der Waals surface area contributed by atoms with Crippen LogP contribution in [0.2, 0.25) is 0 Å². The average molecular weight is 429 g/mol. The van der Waals surface area contributed by atoms with E-state index in [2.05, 4.69) is 0 Å². The summed E-state index contributed by atoms with van der Waals surface area (Å²) in [6.07, 6.45) is 3.16. The normalized spacial score (nSPS) is 28.4. The Balaban J connectivity index is 1.26. The highest BCUT2D eigenvalue weighted by Crippen LogP contribution is 2.47. The lowest BCUT2D eigenvalue weighted by Crippen LogP contribution is -2.55. The monoisotopic (exact) mass is 428 g/mol. The van der Waals surface area contributed by atoms with Crippen molar-refractivity contribution in [2.75, 3.05) is 19.6 Å². The molecule has 7 heteroatoms. The predicted molar refractivity (Wildman–Crippen MR) is 114 cm³/mol. The first-order chi connectivity index (χ1) is 14.7. The van der Waals surface area contributed by atoms with Gasteiger partial charge in [-0.3, -0.25) is 9.69 Å². The molecule has 4 atom stereocenters. The highest BCUT2D eigenvalue weighted by atomic mass is 16.6. The van der Waals surface area contributed by atoms with E-state index < -0.39 is 11.7 Å². The Hall–Kier alpha value is -2.57. The molecule has 2 saturated carbocycles. The molecular formula is C24H32N2O5. The van der Waals surface area contributed by atoms with Crippen molar-refractivity contribution >= 4 is 18.0 Å². The van der Waals surface area contributed by atoms with Gasteiger partial charge in [0, 0.05) is 19.1 Å². The number of amides is 2. The Bertz CT molecular complexity index is 820. The quantitative estimate of drug-likeness (QED) is 0.689. The van der Waals surface area contributed by atoms with Crippen molar-refractivity contribution in [3.8, 4) is 0 Å². The van der Waals surface area contributed by atoms with Crippen LogP contribution >= 0.6 is 0 Å². The Morgan fingerprint density at radius 3 is 2.19 bits per heavy atom. The number of carbonyl (C=O) groups is 3. The number of ether oxygens (including phenoxy) is 2. The molecule has 0 aromatic heterocycles. The summed E-state index contributed by atoms with van der Waals surface area (Å²) in [7, 11) is 0. The Morgan fingerprint density at radius 1 is 0.968 bits per heavy atom. The fraction of sp³-hybridized carbons (Fsp3) is 0.625. The molecule has 2 amide bonds. The topological polar surface area (TPSA) is 76.2 Å². The third-order valence-electron chi connectivity index (χ3n) is 6.58. The number of nitrogens with zero attached hydrogens (tertiary/aromatic N) is 2. The Kier molecular flexibility index (Phi) is 5.95. The summed E-state index contributed by atoms with van der Waals surface area (Å²) >= 11 is 0. The molecule has 1 heterocycles. The molecule has 0 radical (unpaired) electrons. The van der Waals surface area contributed by atoms with E-state index >= 15 is 0 Å². The van der Waals surface area contributed by atoms with Crippen LogP contribution in [-0.4, -0.2) is 65.2 Å². The van der Waals surface area contributed by atoms with Gasteiger partial charge in [-0.25, -0.2) is 9.59 Å². The lowest BCUT2D eigenvalue weighted by molar-refractivity contribution is -0.138. The van der Waals surface area contributed by atoms with Gasteiger partial charge in [-0.2, -0.15) is 0 Å². The number of hydrogen-bond donors (Lipinski definition) is 0. The Labute approximate surface area is 183 Å². The van der Waals surface area contributed by atoms with E-state index in [1.807, 2.05) is 43.9 Å². The predicted octanol–water partition coefficient (Wildman–Crippen LogP) is 3.48. The first kappa shape index (κ1) is 21.7. The van der Waals surface area contributed by atoms with Gasteiger partial charge in [-0.1, -0.05) is 18.2 Å². The van der Waals surface area contributed by atoms with Gasteiger partial charge in [-0.05, 0) is 70.4 Å². The zero-order valence-corrected chi connectivity index (χ0v) is 18.6. The van der Waals surface area contributed by atoms with Crippen molar-refractivity contribution in [2.45, 2.75) is 64.2 Å².